The summed E-state index contributed by atoms with van der Waals surface area (Å²) >= 11 is 0. The topological polar surface area (TPSA) is 101 Å². The quantitative estimate of drug-likeness (QED) is 0.443. The maximum atomic E-state index is 11.9. The largest absolute Gasteiger partial charge is 0.316 e. The summed E-state index contributed by atoms with van der Waals surface area (Å²) in [6, 6.07) is 5.26. The zero-order valence-electron chi connectivity index (χ0n) is 10.3. The Morgan fingerprint density at radius 2 is 1.89 bits per heavy atom. The van der Waals surface area contributed by atoms with Crippen molar-refractivity contribution in [1.29, 1.82) is 0 Å². The maximum Gasteiger partial charge on any atom is 0.289 e. The van der Waals surface area contributed by atoms with Crippen LogP contribution in [-0.2, 0) is 10.0 Å². The highest BCUT2D eigenvalue weighted by molar-refractivity contribution is 7.89. The number of hydrogen-bond donors (Lipinski definition) is 2. The van der Waals surface area contributed by atoms with E-state index in [1.54, 1.807) is 0 Å². The molecule has 0 aliphatic heterocycles. The van der Waals surface area contributed by atoms with Gasteiger partial charge in [0, 0.05) is 19.2 Å². The summed E-state index contributed by atoms with van der Waals surface area (Å²) in [6.07, 6.45) is 0. The van der Waals surface area contributed by atoms with Crippen molar-refractivity contribution in [2.75, 3.05) is 19.6 Å². The molecule has 9 heteroatoms. The number of likely N-dealkylation sites (N-methyl/N-ethyl adjacent to an activating group) is 1. The Morgan fingerprint density at radius 1 is 1.26 bits per heavy atom. The molecular weight excluding hydrogens is 294 g/mol. The monoisotopic (exact) mass is 309 g/mol. The van der Waals surface area contributed by atoms with Crippen LogP contribution in [0.3, 0.4) is 0 Å². The highest BCUT2D eigenvalue weighted by Crippen LogP contribution is 2.22. The fourth-order valence-electron chi connectivity index (χ4n) is 1.36. The van der Waals surface area contributed by atoms with Gasteiger partial charge in [-0.2, -0.15) is 0 Å². The number of hydrogen-bond acceptors (Lipinski definition) is 5. The molecule has 0 unspecified atom stereocenters. The molecule has 0 saturated carbocycles. The molecule has 1 aromatic rings. The van der Waals surface area contributed by atoms with Gasteiger partial charge in [-0.25, -0.2) is 13.1 Å². The highest BCUT2D eigenvalue weighted by Gasteiger charge is 2.24. The van der Waals surface area contributed by atoms with E-state index in [0.717, 1.165) is 6.54 Å². The zero-order valence-corrected chi connectivity index (χ0v) is 12.0. The van der Waals surface area contributed by atoms with Gasteiger partial charge in [-0.3, -0.25) is 10.1 Å². The second-order valence-electron chi connectivity index (χ2n) is 3.48. The zero-order chi connectivity index (χ0) is 13.6. The second-order valence-corrected chi connectivity index (χ2v) is 5.21. The third-order valence-corrected chi connectivity index (χ3v) is 3.70. The lowest BCUT2D eigenvalue weighted by atomic mass is 10.3. The van der Waals surface area contributed by atoms with Crippen molar-refractivity contribution in [2.45, 2.75) is 11.8 Å². The van der Waals surface area contributed by atoms with E-state index in [-0.39, 0.29) is 23.8 Å². The van der Waals surface area contributed by atoms with Gasteiger partial charge in [-0.1, -0.05) is 19.1 Å². The van der Waals surface area contributed by atoms with Crippen LogP contribution in [0.15, 0.2) is 29.2 Å². The Balaban J connectivity index is 0.00000324. The van der Waals surface area contributed by atoms with Gasteiger partial charge >= 0.3 is 0 Å². The van der Waals surface area contributed by atoms with Crippen LogP contribution in [-0.4, -0.2) is 33.0 Å². The van der Waals surface area contributed by atoms with Gasteiger partial charge in [0.15, 0.2) is 4.90 Å². The van der Waals surface area contributed by atoms with Gasteiger partial charge in [0.25, 0.3) is 5.69 Å². The van der Waals surface area contributed by atoms with Gasteiger partial charge in [0.1, 0.15) is 0 Å². The Hall–Kier alpha value is -1.22. The molecule has 1 rings (SSSR count). The molecule has 2 N–H and O–H groups in total. The summed E-state index contributed by atoms with van der Waals surface area (Å²) in [5.74, 6) is 0. The van der Waals surface area contributed by atoms with Crippen molar-refractivity contribution in [3.8, 4) is 0 Å². The number of nitrogens with one attached hydrogen (secondary N) is 2. The Kier molecular flexibility index (Phi) is 7.53. The molecule has 0 saturated heterocycles. The van der Waals surface area contributed by atoms with Crippen LogP contribution in [0.25, 0.3) is 0 Å². The number of benzene rings is 1. The second kappa shape index (κ2) is 8.05. The maximum absolute atomic E-state index is 11.9. The van der Waals surface area contributed by atoms with Crippen LogP contribution in [0.4, 0.5) is 5.69 Å². The molecule has 0 aromatic heterocycles. The smallest absolute Gasteiger partial charge is 0.289 e. The molecule has 0 radical (unpaired) electrons. The predicted octanol–water partition coefficient (Wildman–Crippen LogP) is 0.904. The molecule has 0 bridgehead atoms. The van der Waals surface area contributed by atoms with E-state index in [4.69, 9.17) is 0 Å². The summed E-state index contributed by atoms with van der Waals surface area (Å²) in [7, 11) is -3.85. The SMILES string of the molecule is CCNCCNS(=O)(=O)c1ccccc1[N+](=O)[O-].Cl. The van der Waals surface area contributed by atoms with E-state index in [9.17, 15) is 18.5 Å². The molecule has 0 heterocycles. The van der Waals surface area contributed by atoms with Crippen molar-refractivity contribution >= 4 is 28.1 Å². The van der Waals surface area contributed by atoms with Crippen LogP contribution >= 0.6 is 12.4 Å². The lowest BCUT2D eigenvalue weighted by Crippen LogP contribution is -2.32. The predicted molar refractivity (Wildman–Crippen MR) is 74.1 cm³/mol. The average molecular weight is 310 g/mol. The number of rotatable bonds is 7. The third-order valence-electron chi connectivity index (χ3n) is 2.20. The summed E-state index contributed by atoms with van der Waals surface area (Å²) in [6.45, 7) is 3.28. The fourth-order valence-corrected chi connectivity index (χ4v) is 2.57. The first kappa shape index (κ1) is 17.8. The molecule has 1 aromatic carbocycles. The minimum Gasteiger partial charge on any atom is -0.316 e. The first-order chi connectivity index (χ1) is 8.49. The van der Waals surface area contributed by atoms with E-state index in [2.05, 4.69) is 10.0 Å². The standard InChI is InChI=1S/C10H15N3O4S.ClH/c1-2-11-7-8-12-18(16,17)10-6-4-3-5-9(10)13(14)15;/h3-6,11-12H,2,7-8H2,1H3;1H. The lowest BCUT2D eigenvalue weighted by molar-refractivity contribution is -0.387. The number of nitro groups is 1. The van der Waals surface area contributed by atoms with Gasteiger partial charge < -0.3 is 5.32 Å². The fraction of sp³-hybridized carbons (Fsp3) is 0.400. The van der Waals surface area contributed by atoms with E-state index in [1.807, 2.05) is 6.92 Å². The summed E-state index contributed by atoms with van der Waals surface area (Å²) in [4.78, 5) is 9.72. The molecule has 0 amide bonds. The summed E-state index contributed by atoms with van der Waals surface area (Å²) in [5.41, 5.74) is -0.423. The summed E-state index contributed by atoms with van der Waals surface area (Å²) < 4.78 is 26.1. The van der Waals surface area contributed by atoms with E-state index < -0.39 is 20.6 Å². The molecule has 0 fully saturated rings. The number of nitrogens with zero attached hydrogens (tertiary/aromatic N) is 1. The van der Waals surface area contributed by atoms with Crippen LogP contribution in [0.1, 0.15) is 6.92 Å². The van der Waals surface area contributed by atoms with Gasteiger partial charge in [-0.15, -0.1) is 12.4 Å². The van der Waals surface area contributed by atoms with Crippen molar-refractivity contribution in [3.63, 3.8) is 0 Å². The van der Waals surface area contributed by atoms with Crippen LogP contribution < -0.4 is 10.0 Å². The van der Waals surface area contributed by atoms with E-state index in [0.29, 0.717) is 6.54 Å². The number of nitro benzene ring substituents is 1. The Labute approximate surface area is 118 Å². The normalized spacial score (nSPS) is 10.8. The molecule has 0 spiro atoms. The molecule has 19 heavy (non-hydrogen) atoms. The minimum atomic E-state index is -3.85. The van der Waals surface area contributed by atoms with Crippen molar-refractivity contribution < 1.29 is 13.3 Å². The van der Waals surface area contributed by atoms with Crippen molar-refractivity contribution in [2.24, 2.45) is 0 Å². The number of para-hydroxylation sites is 1. The van der Waals surface area contributed by atoms with Crippen molar-refractivity contribution in [1.82, 2.24) is 10.0 Å². The molecule has 0 atom stereocenters. The molecule has 108 valence electrons. The number of sulfonamides is 1. The highest BCUT2D eigenvalue weighted by atomic mass is 35.5. The average Bonchev–Trinajstić information content (AvgIpc) is 2.35. The van der Waals surface area contributed by atoms with Crippen LogP contribution in [0.2, 0.25) is 0 Å². The Bertz CT molecular complexity index is 521. The lowest BCUT2D eigenvalue weighted by Gasteiger charge is -2.07. The van der Waals surface area contributed by atoms with E-state index in [1.165, 1.54) is 24.3 Å². The molecule has 7 nitrogen and oxygen atoms in total. The van der Waals surface area contributed by atoms with Crippen LogP contribution in [0, 0.1) is 10.1 Å². The number of halogens is 1. The molecule has 0 aliphatic rings. The van der Waals surface area contributed by atoms with Gasteiger partial charge in [0.05, 0.1) is 4.92 Å². The van der Waals surface area contributed by atoms with Crippen LogP contribution in [0.5, 0.6) is 0 Å². The first-order valence-corrected chi connectivity index (χ1v) is 6.91. The molecular formula is C10H16ClN3O4S. The van der Waals surface area contributed by atoms with Gasteiger partial charge in [-0.05, 0) is 12.6 Å². The third kappa shape index (κ3) is 5.11. The van der Waals surface area contributed by atoms with Gasteiger partial charge in [0.2, 0.25) is 10.0 Å². The van der Waals surface area contributed by atoms with E-state index >= 15 is 0 Å². The first-order valence-electron chi connectivity index (χ1n) is 5.43. The van der Waals surface area contributed by atoms with Crippen molar-refractivity contribution in [3.05, 3.63) is 34.4 Å². The summed E-state index contributed by atoms with van der Waals surface area (Å²) in [5, 5.41) is 13.7. The molecule has 0 aliphatic carbocycles. The minimum absolute atomic E-state index is 0. The Morgan fingerprint density at radius 3 is 2.47 bits per heavy atom.